The van der Waals surface area contributed by atoms with Gasteiger partial charge in [0.2, 0.25) is 0 Å². The van der Waals surface area contributed by atoms with E-state index in [0.29, 0.717) is 5.82 Å². The molecule has 0 bridgehead atoms. The predicted molar refractivity (Wildman–Crippen MR) is 92.3 cm³/mol. The lowest BCUT2D eigenvalue weighted by molar-refractivity contribution is 0.0593. The highest BCUT2D eigenvalue weighted by atomic mass is 35.5. The van der Waals surface area contributed by atoms with Gasteiger partial charge < -0.3 is 10.1 Å². The minimum atomic E-state index is -0.486. The van der Waals surface area contributed by atoms with Gasteiger partial charge in [0, 0.05) is 31.2 Å². The van der Waals surface area contributed by atoms with Crippen LogP contribution in [0.1, 0.15) is 21.6 Å². The third-order valence-corrected chi connectivity index (χ3v) is 4.44. The maximum absolute atomic E-state index is 11.3. The number of hydrogen-bond acceptors (Lipinski definition) is 6. The fraction of sp³-hybridized carbons (Fsp3) is 0.353. The Labute approximate surface area is 145 Å². The summed E-state index contributed by atoms with van der Waals surface area (Å²) in [5, 5.41) is 11.9. The standard InChI is InChI=1S/C17H19ClN4O2/c1-24-17(23)15-5-6-16(21-20-15)19-8-10-22-9-7-13-12(11-22)3-2-4-14(13)18/h2-6H,7-11H2,1H3,(H,19,21). The number of hydrogen-bond donors (Lipinski definition) is 1. The molecule has 0 amide bonds. The molecule has 7 heteroatoms. The third-order valence-electron chi connectivity index (χ3n) is 4.08. The summed E-state index contributed by atoms with van der Waals surface area (Å²) in [7, 11) is 1.32. The first kappa shape index (κ1) is 16.7. The number of benzene rings is 1. The zero-order valence-electron chi connectivity index (χ0n) is 13.5. The minimum Gasteiger partial charge on any atom is -0.464 e. The Morgan fingerprint density at radius 2 is 2.21 bits per heavy atom. The molecule has 0 fully saturated rings. The van der Waals surface area contributed by atoms with Crippen LogP contribution in [0.15, 0.2) is 30.3 Å². The summed E-state index contributed by atoms with van der Waals surface area (Å²) in [6, 6.07) is 9.41. The highest BCUT2D eigenvalue weighted by Gasteiger charge is 2.17. The van der Waals surface area contributed by atoms with E-state index < -0.39 is 5.97 Å². The first-order valence-corrected chi connectivity index (χ1v) is 8.19. The molecule has 1 aliphatic rings. The highest BCUT2D eigenvalue weighted by Crippen LogP contribution is 2.25. The average Bonchev–Trinajstić information content (AvgIpc) is 2.62. The topological polar surface area (TPSA) is 67.3 Å². The van der Waals surface area contributed by atoms with Crippen molar-refractivity contribution in [2.45, 2.75) is 13.0 Å². The van der Waals surface area contributed by atoms with Gasteiger partial charge in [0.1, 0.15) is 5.82 Å². The second-order valence-electron chi connectivity index (χ2n) is 5.63. The lowest BCUT2D eigenvalue weighted by atomic mass is 10.00. The summed E-state index contributed by atoms with van der Waals surface area (Å²) < 4.78 is 4.60. The van der Waals surface area contributed by atoms with Gasteiger partial charge in [-0.2, -0.15) is 0 Å². The number of nitrogens with one attached hydrogen (secondary N) is 1. The summed E-state index contributed by atoms with van der Waals surface area (Å²) in [5.41, 5.74) is 2.77. The normalized spacial score (nSPS) is 14.1. The number of carbonyl (C=O) groups excluding carboxylic acids is 1. The van der Waals surface area contributed by atoms with Crippen molar-refractivity contribution < 1.29 is 9.53 Å². The van der Waals surface area contributed by atoms with Gasteiger partial charge in [-0.3, -0.25) is 4.90 Å². The molecule has 24 heavy (non-hydrogen) atoms. The molecule has 1 aromatic carbocycles. The molecule has 6 nitrogen and oxygen atoms in total. The number of carbonyl (C=O) groups is 1. The number of ether oxygens (including phenoxy) is 1. The number of fused-ring (bicyclic) bond motifs is 1. The van der Waals surface area contributed by atoms with E-state index in [2.05, 4.69) is 31.2 Å². The second-order valence-corrected chi connectivity index (χ2v) is 6.03. The van der Waals surface area contributed by atoms with Crippen molar-refractivity contribution in [2.75, 3.05) is 32.1 Å². The van der Waals surface area contributed by atoms with Crippen LogP contribution in [-0.4, -0.2) is 47.8 Å². The van der Waals surface area contributed by atoms with Crippen molar-refractivity contribution in [2.24, 2.45) is 0 Å². The first-order chi connectivity index (χ1) is 11.7. The second kappa shape index (κ2) is 7.59. The van der Waals surface area contributed by atoms with Gasteiger partial charge in [-0.1, -0.05) is 23.7 Å². The van der Waals surface area contributed by atoms with Crippen LogP contribution in [0.25, 0.3) is 0 Å². The van der Waals surface area contributed by atoms with E-state index in [-0.39, 0.29) is 5.69 Å². The molecule has 1 N–H and O–H groups in total. The van der Waals surface area contributed by atoms with Crippen molar-refractivity contribution in [3.63, 3.8) is 0 Å². The number of anilines is 1. The molecule has 0 spiro atoms. The van der Waals surface area contributed by atoms with Crippen LogP contribution in [0.5, 0.6) is 0 Å². The van der Waals surface area contributed by atoms with Crippen molar-refractivity contribution in [3.8, 4) is 0 Å². The molecule has 126 valence electrons. The molecule has 0 unspecified atom stereocenters. The molecule has 1 aliphatic heterocycles. The lowest BCUT2D eigenvalue weighted by Gasteiger charge is -2.29. The molecule has 0 atom stereocenters. The Morgan fingerprint density at radius 1 is 1.33 bits per heavy atom. The number of aromatic nitrogens is 2. The summed E-state index contributed by atoms with van der Waals surface area (Å²) in [4.78, 5) is 13.7. The van der Waals surface area contributed by atoms with Gasteiger partial charge >= 0.3 is 5.97 Å². The third kappa shape index (κ3) is 3.83. The molecule has 2 aromatic rings. The molecular weight excluding hydrogens is 328 g/mol. The van der Waals surface area contributed by atoms with Gasteiger partial charge in [-0.05, 0) is 35.7 Å². The zero-order valence-corrected chi connectivity index (χ0v) is 14.2. The molecule has 0 saturated carbocycles. The van der Waals surface area contributed by atoms with E-state index >= 15 is 0 Å². The monoisotopic (exact) mass is 346 g/mol. The van der Waals surface area contributed by atoms with Gasteiger partial charge in [-0.15, -0.1) is 10.2 Å². The summed E-state index contributed by atoms with van der Waals surface area (Å²) in [6.45, 7) is 3.55. The van der Waals surface area contributed by atoms with Crippen molar-refractivity contribution in [1.82, 2.24) is 15.1 Å². The predicted octanol–water partition coefficient (Wildman–Crippen LogP) is 2.39. The SMILES string of the molecule is COC(=O)c1ccc(NCCN2CCc3c(Cl)cccc3C2)nn1. The van der Waals surface area contributed by atoms with Gasteiger partial charge in [0.05, 0.1) is 7.11 Å². The number of rotatable bonds is 5. The molecule has 0 aliphatic carbocycles. The smallest absolute Gasteiger partial charge is 0.358 e. The Hall–Kier alpha value is -2.18. The maximum Gasteiger partial charge on any atom is 0.358 e. The summed E-state index contributed by atoms with van der Waals surface area (Å²) in [6.07, 6.45) is 0.975. The minimum absolute atomic E-state index is 0.201. The van der Waals surface area contributed by atoms with Crippen LogP contribution in [-0.2, 0) is 17.7 Å². The molecule has 3 rings (SSSR count). The maximum atomic E-state index is 11.3. The average molecular weight is 347 g/mol. The van der Waals surface area contributed by atoms with Gasteiger partial charge in [0.15, 0.2) is 5.69 Å². The van der Waals surface area contributed by atoms with E-state index in [1.54, 1.807) is 12.1 Å². The van der Waals surface area contributed by atoms with Crippen LogP contribution in [0.2, 0.25) is 5.02 Å². The lowest BCUT2D eigenvalue weighted by Crippen LogP contribution is -2.34. The fourth-order valence-corrected chi connectivity index (χ4v) is 3.08. The Balaban J connectivity index is 1.50. The van der Waals surface area contributed by atoms with Gasteiger partial charge in [0.25, 0.3) is 0 Å². The van der Waals surface area contributed by atoms with E-state index in [9.17, 15) is 4.79 Å². The Bertz CT molecular complexity index is 721. The van der Waals surface area contributed by atoms with Crippen LogP contribution < -0.4 is 5.32 Å². The number of nitrogens with zero attached hydrogens (tertiary/aromatic N) is 3. The van der Waals surface area contributed by atoms with E-state index in [1.807, 2.05) is 12.1 Å². The van der Waals surface area contributed by atoms with Crippen molar-refractivity contribution >= 4 is 23.4 Å². The molecule has 2 heterocycles. The quantitative estimate of drug-likeness (QED) is 0.838. The van der Waals surface area contributed by atoms with E-state index in [1.165, 1.54) is 18.2 Å². The van der Waals surface area contributed by atoms with Crippen molar-refractivity contribution in [1.29, 1.82) is 0 Å². The fourth-order valence-electron chi connectivity index (χ4n) is 2.79. The number of halogens is 1. The van der Waals surface area contributed by atoms with E-state index in [0.717, 1.165) is 37.6 Å². The zero-order chi connectivity index (χ0) is 16.9. The molecule has 0 saturated heterocycles. The summed E-state index contributed by atoms with van der Waals surface area (Å²) >= 11 is 6.24. The number of methoxy groups -OCH3 is 1. The van der Waals surface area contributed by atoms with Crippen LogP contribution in [0.4, 0.5) is 5.82 Å². The molecular formula is C17H19ClN4O2. The largest absolute Gasteiger partial charge is 0.464 e. The van der Waals surface area contributed by atoms with Crippen LogP contribution in [0, 0.1) is 0 Å². The van der Waals surface area contributed by atoms with Crippen molar-refractivity contribution in [3.05, 3.63) is 52.2 Å². The Kier molecular flexibility index (Phi) is 5.27. The van der Waals surface area contributed by atoms with E-state index in [4.69, 9.17) is 11.6 Å². The van der Waals surface area contributed by atoms with Crippen LogP contribution >= 0.6 is 11.6 Å². The highest BCUT2D eigenvalue weighted by molar-refractivity contribution is 6.31. The molecule has 1 aromatic heterocycles. The molecule has 0 radical (unpaired) electrons. The number of esters is 1. The van der Waals surface area contributed by atoms with Gasteiger partial charge in [-0.25, -0.2) is 4.79 Å². The van der Waals surface area contributed by atoms with Crippen LogP contribution in [0.3, 0.4) is 0 Å². The first-order valence-electron chi connectivity index (χ1n) is 7.82. The summed E-state index contributed by atoms with van der Waals surface area (Å²) in [5.74, 6) is 0.155. The Morgan fingerprint density at radius 3 is 2.96 bits per heavy atom.